The molecule has 3 atom stereocenters. The third kappa shape index (κ3) is 10.1. The molecule has 5 rings (SSSR count). The average Bonchev–Trinajstić information content (AvgIpc) is 3.09. The molecule has 1 fully saturated rings. The number of ether oxygens (including phenoxy) is 1. The topological polar surface area (TPSA) is 99.8 Å². The fourth-order valence-electron chi connectivity index (χ4n) is 6.89. The highest BCUT2D eigenvalue weighted by molar-refractivity contribution is 6.32. The fraction of sp³-hybridized carbons (Fsp3) is 0.425. The SMILES string of the molecule is CC(=O)N[C@H](CC(C)C)C(=O)N1C[C@H]2CC(c3ccc(CCCOc4ccccc4Cl)cc3)=C(C(=O)NCCCc3ccccc3Cl)[C@@H](C1)N2. The Morgan fingerprint density at radius 3 is 2.34 bits per heavy atom. The molecular weight excluding hydrogens is 671 g/mol. The van der Waals surface area contributed by atoms with E-state index in [9.17, 15) is 14.4 Å². The molecule has 50 heavy (non-hydrogen) atoms. The Balaban J connectivity index is 1.31. The molecular formula is C40H48Cl2N4O4. The minimum atomic E-state index is -0.598. The summed E-state index contributed by atoms with van der Waals surface area (Å²) in [6, 6.07) is 22.7. The summed E-state index contributed by atoms with van der Waals surface area (Å²) < 4.78 is 5.86. The van der Waals surface area contributed by atoms with E-state index in [4.69, 9.17) is 27.9 Å². The van der Waals surface area contributed by atoms with Crippen molar-refractivity contribution >= 4 is 46.5 Å². The Morgan fingerprint density at radius 2 is 1.64 bits per heavy atom. The molecule has 2 bridgehead atoms. The summed E-state index contributed by atoms with van der Waals surface area (Å²) in [7, 11) is 0. The van der Waals surface area contributed by atoms with Gasteiger partial charge in [0.1, 0.15) is 11.8 Å². The Kier molecular flexibility index (Phi) is 13.4. The third-order valence-corrected chi connectivity index (χ3v) is 9.90. The van der Waals surface area contributed by atoms with Gasteiger partial charge in [-0.1, -0.05) is 91.6 Å². The van der Waals surface area contributed by atoms with Crippen LogP contribution < -0.4 is 20.7 Å². The van der Waals surface area contributed by atoms with Crippen molar-refractivity contribution in [3.05, 3.63) is 105 Å². The van der Waals surface area contributed by atoms with Gasteiger partial charge in [-0.05, 0) is 84.9 Å². The molecule has 266 valence electrons. The van der Waals surface area contributed by atoms with E-state index in [0.717, 1.165) is 47.4 Å². The molecule has 3 aromatic carbocycles. The zero-order valence-corrected chi connectivity index (χ0v) is 30.7. The highest BCUT2D eigenvalue weighted by Crippen LogP contribution is 2.34. The van der Waals surface area contributed by atoms with Gasteiger partial charge in [0.25, 0.3) is 0 Å². The summed E-state index contributed by atoms with van der Waals surface area (Å²) in [4.78, 5) is 41.6. The first-order valence-electron chi connectivity index (χ1n) is 17.6. The Hall–Kier alpha value is -3.85. The highest BCUT2D eigenvalue weighted by atomic mass is 35.5. The van der Waals surface area contributed by atoms with Crippen LogP contribution in [0.2, 0.25) is 10.0 Å². The number of amides is 3. The van der Waals surface area contributed by atoms with Crippen molar-refractivity contribution in [1.29, 1.82) is 0 Å². The van der Waals surface area contributed by atoms with E-state index < -0.39 is 6.04 Å². The van der Waals surface area contributed by atoms with Crippen molar-refractivity contribution in [2.75, 3.05) is 26.2 Å². The van der Waals surface area contributed by atoms with Crippen LogP contribution in [0.5, 0.6) is 5.75 Å². The fourth-order valence-corrected chi connectivity index (χ4v) is 7.31. The normalized spacial score (nSPS) is 17.8. The minimum Gasteiger partial charge on any atom is -0.492 e. The number of rotatable bonds is 15. The zero-order chi connectivity index (χ0) is 35.6. The maximum absolute atomic E-state index is 14.0. The number of benzene rings is 3. The van der Waals surface area contributed by atoms with Crippen molar-refractivity contribution in [3.63, 3.8) is 0 Å². The lowest BCUT2D eigenvalue weighted by Crippen LogP contribution is -2.64. The number of para-hydroxylation sites is 1. The van der Waals surface area contributed by atoms with Crippen LogP contribution in [0.25, 0.3) is 5.57 Å². The van der Waals surface area contributed by atoms with Crippen LogP contribution >= 0.6 is 23.2 Å². The molecule has 2 heterocycles. The molecule has 0 radical (unpaired) electrons. The maximum Gasteiger partial charge on any atom is 0.249 e. The van der Waals surface area contributed by atoms with Gasteiger partial charge in [0.15, 0.2) is 0 Å². The molecule has 8 nitrogen and oxygen atoms in total. The number of halogens is 2. The van der Waals surface area contributed by atoms with Gasteiger partial charge in [0.05, 0.1) is 17.7 Å². The predicted molar refractivity (Wildman–Crippen MR) is 200 cm³/mol. The molecule has 0 aliphatic carbocycles. The first-order chi connectivity index (χ1) is 24.1. The summed E-state index contributed by atoms with van der Waals surface area (Å²) >= 11 is 12.6. The van der Waals surface area contributed by atoms with Gasteiger partial charge in [-0.3, -0.25) is 14.4 Å². The summed E-state index contributed by atoms with van der Waals surface area (Å²) in [5.74, 6) is 0.458. The summed E-state index contributed by atoms with van der Waals surface area (Å²) in [6.45, 7) is 7.42. The number of hydrogen-bond donors (Lipinski definition) is 3. The highest BCUT2D eigenvalue weighted by Gasteiger charge is 2.41. The Labute approximate surface area is 305 Å². The number of nitrogens with zero attached hydrogens (tertiary/aromatic N) is 1. The van der Waals surface area contributed by atoms with E-state index >= 15 is 0 Å². The number of nitrogens with one attached hydrogen (secondary N) is 3. The van der Waals surface area contributed by atoms with Crippen LogP contribution in [0.15, 0.2) is 78.4 Å². The number of aryl methyl sites for hydroxylation is 2. The van der Waals surface area contributed by atoms with Gasteiger partial charge >= 0.3 is 0 Å². The van der Waals surface area contributed by atoms with Gasteiger partial charge in [-0.15, -0.1) is 0 Å². The molecule has 0 aromatic heterocycles. The van der Waals surface area contributed by atoms with Crippen molar-refractivity contribution in [3.8, 4) is 5.75 Å². The predicted octanol–water partition coefficient (Wildman–Crippen LogP) is 6.63. The lowest BCUT2D eigenvalue weighted by atomic mass is 9.82. The van der Waals surface area contributed by atoms with E-state index in [1.807, 2.05) is 67.3 Å². The van der Waals surface area contributed by atoms with Crippen molar-refractivity contribution in [1.82, 2.24) is 20.9 Å². The number of carbonyl (C=O) groups excluding carboxylic acids is 3. The molecule has 0 unspecified atom stereocenters. The van der Waals surface area contributed by atoms with Gasteiger partial charge in [0, 0.05) is 43.2 Å². The molecule has 3 amide bonds. The second-order valence-corrected chi connectivity index (χ2v) is 14.5. The van der Waals surface area contributed by atoms with E-state index in [1.54, 1.807) is 0 Å². The molecule has 3 aromatic rings. The Morgan fingerprint density at radius 1 is 0.920 bits per heavy atom. The molecule has 1 saturated heterocycles. The zero-order valence-electron chi connectivity index (χ0n) is 29.1. The molecule has 0 saturated carbocycles. The van der Waals surface area contributed by atoms with Crippen LogP contribution in [0.4, 0.5) is 0 Å². The monoisotopic (exact) mass is 718 g/mol. The van der Waals surface area contributed by atoms with Crippen LogP contribution in [-0.2, 0) is 27.2 Å². The summed E-state index contributed by atoms with van der Waals surface area (Å²) in [5.41, 5.74) is 4.91. The van der Waals surface area contributed by atoms with Crippen LogP contribution in [0, 0.1) is 5.92 Å². The molecule has 0 spiro atoms. The minimum absolute atomic E-state index is 0.0249. The van der Waals surface area contributed by atoms with Gasteiger partial charge in [0.2, 0.25) is 17.7 Å². The standard InChI is InChI=1S/C40H48Cl2N4O4/c1-26(2)22-35(44-27(3)47)40(49)46-24-31-23-32(29-18-16-28(17-19-29)10-9-21-50-37-15-7-6-14-34(37)42)38(36(25-46)45-31)39(48)43-20-8-12-30-11-4-5-13-33(30)41/h4-7,11,13-19,26,31,35-36,45H,8-10,12,20-25H2,1-3H3,(H,43,48)(H,44,47)/t31-,35-,36-/m1/s1. The smallest absolute Gasteiger partial charge is 0.249 e. The van der Waals surface area contributed by atoms with Gasteiger partial charge < -0.3 is 25.6 Å². The van der Waals surface area contributed by atoms with Crippen molar-refractivity contribution in [2.45, 2.75) is 77.4 Å². The molecule has 10 heteroatoms. The third-order valence-electron chi connectivity index (χ3n) is 9.22. The quantitative estimate of drug-likeness (QED) is 0.153. The lowest BCUT2D eigenvalue weighted by molar-refractivity contribution is -0.138. The number of piperazine rings is 1. The first-order valence-corrected chi connectivity index (χ1v) is 18.4. The summed E-state index contributed by atoms with van der Waals surface area (Å²) in [6.07, 6.45) is 4.33. The van der Waals surface area contributed by atoms with Crippen molar-refractivity contribution in [2.24, 2.45) is 5.92 Å². The lowest BCUT2D eigenvalue weighted by Gasteiger charge is -2.45. The first kappa shape index (κ1) is 37.4. The van der Waals surface area contributed by atoms with Crippen LogP contribution in [0.3, 0.4) is 0 Å². The van der Waals surface area contributed by atoms with Gasteiger partial charge in [-0.2, -0.15) is 0 Å². The van der Waals surface area contributed by atoms with E-state index in [-0.39, 0.29) is 35.7 Å². The summed E-state index contributed by atoms with van der Waals surface area (Å²) in [5, 5.41) is 11.0. The van der Waals surface area contributed by atoms with E-state index in [1.165, 1.54) is 12.5 Å². The Bertz CT molecular complexity index is 1680. The second kappa shape index (κ2) is 17.9. The second-order valence-electron chi connectivity index (χ2n) is 13.7. The molecule has 2 aliphatic heterocycles. The number of fused-ring (bicyclic) bond motifs is 2. The number of hydrogen-bond acceptors (Lipinski definition) is 5. The average molecular weight is 720 g/mol. The van der Waals surface area contributed by atoms with E-state index in [2.05, 4.69) is 40.2 Å². The largest absolute Gasteiger partial charge is 0.492 e. The molecule has 2 aliphatic rings. The van der Waals surface area contributed by atoms with Crippen LogP contribution in [-0.4, -0.2) is 67.0 Å². The van der Waals surface area contributed by atoms with Gasteiger partial charge in [-0.25, -0.2) is 0 Å². The molecule has 3 N–H and O–H groups in total. The van der Waals surface area contributed by atoms with E-state index in [0.29, 0.717) is 55.4 Å². The van der Waals surface area contributed by atoms with Crippen molar-refractivity contribution < 1.29 is 19.1 Å². The maximum atomic E-state index is 14.0. The number of carbonyl (C=O) groups is 3. The van der Waals surface area contributed by atoms with Crippen LogP contribution in [0.1, 0.15) is 63.1 Å².